The van der Waals surface area contributed by atoms with Gasteiger partial charge in [-0.2, -0.15) is 0 Å². The smallest absolute Gasteiger partial charge is 0.317 e. The van der Waals surface area contributed by atoms with Crippen LogP contribution in [-0.2, 0) is 11.3 Å². The van der Waals surface area contributed by atoms with Crippen LogP contribution in [0.25, 0.3) is 0 Å². The lowest BCUT2D eigenvalue weighted by atomic mass is 10.3. The molecule has 0 fully saturated rings. The van der Waals surface area contributed by atoms with Crippen LogP contribution >= 0.6 is 27.3 Å². The van der Waals surface area contributed by atoms with Gasteiger partial charge in [-0.15, -0.1) is 11.3 Å². The normalized spacial score (nSPS) is 10.2. The van der Waals surface area contributed by atoms with Gasteiger partial charge in [0.1, 0.15) is 0 Å². The molecule has 2 amide bonds. The van der Waals surface area contributed by atoms with Gasteiger partial charge < -0.3 is 15.0 Å². The molecule has 90 valence electrons. The Hall–Kier alpha value is -0.590. The predicted molar refractivity (Wildman–Crippen MR) is 68.8 cm³/mol. The van der Waals surface area contributed by atoms with Crippen molar-refractivity contribution in [1.29, 1.82) is 0 Å². The summed E-state index contributed by atoms with van der Waals surface area (Å²) in [5.41, 5.74) is 1.13. The lowest BCUT2D eigenvalue weighted by Crippen LogP contribution is -2.38. The molecule has 0 aliphatic carbocycles. The summed E-state index contributed by atoms with van der Waals surface area (Å²) in [6.45, 7) is 1.68. The number of ether oxygens (including phenoxy) is 1. The summed E-state index contributed by atoms with van der Waals surface area (Å²) in [7, 11) is 3.38. The summed E-state index contributed by atoms with van der Waals surface area (Å²) in [5.74, 6) is 0. The average molecular weight is 307 g/mol. The van der Waals surface area contributed by atoms with Crippen molar-refractivity contribution < 1.29 is 9.53 Å². The highest BCUT2D eigenvalue weighted by Crippen LogP contribution is 2.21. The van der Waals surface area contributed by atoms with Crippen LogP contribution in [0.4, 0.5) is 4.79 Å². The standard InChI is InChI=1S/C10H15BrN2O2S/c1-13(10(14)12-3-4-15-2)6-8-5-9(11)16-7-8/h5,7H,3-4,6H2,1-2H3,(H,12,14). The second kappa shape index (κ2) is 6.88. The fourth-order valence-corrected chi connectivity index (χ4v) is 2.37. The number of urea groups is 1. The molecule has 0 saturated carbocycles. The minimum Gasteiger partial charge on any atom is -0.383 e. The molecule has 1 aromatic heterocycles. The fourth-order valence-electron chi connectivity index (χ4n) is 1.17. The van der Waals surface area contributed by atoms with Crippen LogP contribution in [-0.4, -0.2) is 38.2 Å². The zero-order valence-electron chi connectivity index (χ0n) is 9.33. The Bertz CT molecular complexity index is 343. The Labute approximate surface area is 108 Å². The molecular weight excluding hydrogens is 292 g/mol. The van der Waals surface area contributed by atoms with Gasteiger partial charge in [0.2, 0.25) is 0 Å². The van der Waals surface area contributed by atoms with Gasteiger partial charge in [0.25, 0.3) is 0 Å². The average Bonchev–Trinajstić information content (AvgIpc) is 2.64. The van der Waals surface area contributed by atoms with Gasteiger partial charge in [-0.05, 0) is 32.9 Å². The van der Waals surface area contributed by atoms with Crippen LogP contribution in [0.2, 0.25) is 0 Å². The number of methoxy groups -OCH3 is 1. The number of thiophene rings is 1. The molecule has 1 rings (SSSR count). The third-order valence-corrected chi connectivity index (χ3v) is 3.52. The van der Waals surface area contributed by atoms with Crippen molar-refractivity contribution in [2.24, 2.45) is 0 Å². The second-order valence-electron chi connectivity index (χ2n) is 3.34. The molecule has 0 atom stereocenters. The minimum atomic E-state index is -0.0839. The third-order valence-electron chi connectivity index (χ3n) is 1.97. The van der Waals surface area contributed by atoms with E-state index in [0.29, 0.717) is 19.7 Å². The molecule has 1 N–H and O–H groups in total. The van der Waals surface area contributed by atoms with E-state index in [1.54, 1.807) is 30.4 Å². The van der Waals surface area contributed by atoms with E-state index in [1.807, 2.05) is 11.4 Å². The minimum absolute atomic E-state index is 0.0839. The van der Waals surface area contributed by atoms with Gasteiger partial charge in [0.05, 0.1) is 10.4 Å². The van der Waals surface area contributed by atoms with Crippen molar-refractivity contribution in [3.05, 3.63) is 20.8 Å². The summed E-state index contributed by atoms with van der Waals surface area (Å²) in [5, 5.41) is 4.79. The second-order valence-corrected chi connectivity index (χ2v) is 5.63. The van der Waals surface area contributed by atoms with Crippen LogP contribution in [0.1, 0.15) is 5.56 Å². The number of nitrogens with zero attached hydrogens (tertiary/aromatic N) is 1. The van der Waals surface area contributed by atoms with E-state index in [1.165, 1.54) is 0 Å². The number of nitrogens with one attached hydrogen (secondary N) is 1. The van der Waals surface area contributed by atoms with Crippen LogP contribution < -0.4 is 5.32 Å². The summed E-state index contributed by atoms with van der Waals surface area (Å²) < 4.78 is 5.94. The van der Waals surface area contributed by atoms with E-state index >= 15 is 0 Å². The first-order chi connectivity index (χ1) is 7.63. The summed E-state index contributed by atoms with van der Waals surface area (Å²) in [6, 6.07) is 1.93. The molecule has 1 heterocycles. The first-order valence-electron chi connectivity index (χ1n) is 4.84. The Kier molecular flexibility index (Phi) is 5.79. The van der Waals surface area contributed by atoms with E-state index in [-0.39, 0.29) is 6.03 Å². The van der Waals surface area contributed by atoms with Gasteiger partial charge in [0, 0.05) is 27.2 Å². The van der Waals surface area contributed by atoms with Crippen molar-refractivity contribution in [3.8, 4) is 0 Å². The number of rotatable bonds is 5. The van der Waals surface area contributed by atoms with E-state index in [2.05, 4.69) is 21.2 Å². The maximum absolute atomic E-state index is 11.6. The molecule has 0 unspecified atom stereocenters. The van der Waals surface area contributed by atoms with Crippen LogP contribution in [0.5, 0.6) is 0 Å². The molecule has 0 aliphatic heterocycles. The zero-order chi connectivity index (χ0) is 12.0. The number of amides is 2. The van der Waals surface area contributed by atoms with Crippen molar-refractivity contribution in [2.75, 3.05) is 27.3 Å². The molecule has 0 saturated heterocycles. The molecule has 6 heteroatoms. The predicted octanol–water partition coefficient (Wildman–Crippen LogP) is 2.30. The first kappa shape index (κ1) is 13.5. The zero-order valence-corrected chi connectivity index (χ0v) is 11.7. The van der Waals surface area contributed by atoms with Crippen molar-refractivity contribution in [1.82, 2.24) is 10.2 Å². The molecule has 16 heavy (non-hydrogen) atoms. The molecule has 1 aromatic rings. The Morgan fingerprint density at radius 2 is 2.44 bits per heavy atom. The van der Waals surface area contributed by atoms with E-state index in [0.717, 1.165) is 9.35 Å². The number of carbonyl (C=O) groups is 1. The van der Waals surface area contributed by atoms with Gasteiger partial charge in [-0.1, -0.05) is 0 Å². The number of hydrogen-bond donors (Lipinski definition) is 1. The maximum atomic E-state index is 11.6. The quantitative estimate of drug-likeness (QED) is 0.848. The van der Waals surface area contributed by atoms with Crippen LogP contribution in [0, 0.1) is 0 Å². The Morgan fingerprint density at radius 1 is 1.69 bits per heavy atom. The van der Waals surface area contributed by atoms with Gasteiger partial charge in [-0.3, -0.25) is 0 Å². The molecule has 4 nitrogen and oxygen atoms in total. The molecule has 0 radical (unpaired) electrons. The molecular formula is C10H15BrN2O2S. The number of halogens is 1. The van der Waals surface area contributed by atoms with Gasteiger partial charge in [-0.25, -0.2) is 4.79 Å². The SMILES string of the molecule is COCCNC(=O)N(C)Cc1csc(Br)c1. The van der Waals surface area contributed by atoms with Gasteiger partial charge in [0.15, 0.2) is 0 Å². The largest absolute Gasteiger partial charge is 0.383 e. The van der Waals surface area contributed by atoms with Gasteiger partial charge >= 0.3 is 6.03 Å². The molecule has 0 aromatic carbocycles. The number of hydrogen-bond acceptors (Lipinski definition) is 3. The van der Waals surface area contributed by atoms with Crippen molar-refractivity contribution in [2.45, 2.75) is 6.54 Å². The van der Waals surface area contributed by atoms with E-state index in [9.17, 15) is 4.79 Å². The molecule has 0 bridgehead atoms. The monoisotopic (exact) mass is 306 g/mol. The summed E-state index contributed by atoms with van der Waals surface area (Å²) >= 11 is 5.01. The van der Waals surface area contributed by atoms with Crippen LogP contribution in [0.3, 0.4) is 0 Å². The van der Waals surface area contributed by atoms with E-state index in [4.69, 9.17) is 4.74 Å². The van der Waals surface area contributed by atoms with Crippen LogP contribution in [0.15, 0.2) is 15.2 Å². The highest BCUT2D eigenvalue weighted by Gasteiger charge is 2.08. The topological polar surface area (TPSA) is 41.6 Å². The van der Waals surface area contributed by atoms with Crippen molar-refractivity contribution >= 4 is 33.3 Å². The molecule has 0 aliphatic rings. The lowest BCUT2D eigenvalue weighted by Gasteiger charge is -2.17. The first-order valence-corrected chi connectivity index (χ1v) is 6.51. The summed E-state index contributed by atoms with van der Waals surface area (Å²) in [6.07, 6.45) is 0. The Morgan fingerprint density at radius 3 is 3.00 bits per heavy atom. The van der Waals surface area contributed by atoms with Crippen molar-refractivity contribution in [3.63, 3.8) is 0 Å². The highest BCUT2D eigenvalue weighted by atomic mass is 79.9. The Balaban J connectivity index is 2.34. The number of carbonyl (C=O) groups excluding carboxylic acids is 1. The highest BCUT2D eigenvalue weighted by molar-refractivity contribution is 9.11. The lowest BCUT2D eigenvalue weighted by molar-refractivity contribution is 0.184. The fraction of sp³-hybridized carbons (Fsp3) is 0.500. The third kappa shape index (κ3) is 4.51. The van der Waals surface area contributed by atoms with E-state index < -0.39 is 0 Å². The summed E-state index contributed by atoms with van der Waals surface area (Å²) in [4.78, 5) is 13.2. The molecule has 0 spiro atoms. The maximum Gasteiger partial charge on any atom is 0.317 e.